The maximum absolute atomic E-state index is 13.9. The minimum Gasteiger partial charge on any atom is -0.304 e. The number of ketones is 1. The molecule has 0 saturated carbocycles. The third-order valence-electron chi connectivity index (χ3n) is 5.33. The summed E-state index contributed by atoms with van der Waals surface area (Å²) in [6.07, 6.45) is 1.79. The van der Waals surface area contributed by atoms with Crippen LogP contribution in [0.4, 0.5) is 5.69 Å². The Morgan fingerprint density at radius 2 is 1.41 bits per heavy atom. The van der Waals surface area contributed by atoms with Gasteiger partial charge >= 0.3 is 0 Å². The van der Waals surface area contributed by atoms with Crippen molar-refractivity contribution in [3.8, 4) is 12.1 Å². The molecular weight excluding hydrogens is 438 g/mol. The van der Waals surface area contributed by atoms with Gasteiger partial charge in [0.15, 0.2) is 5.78 Å². The number of allylic oxidation sites excluding steroid dienone is 4. The quantitative estimate of drug-likeness (QED) is 0.302. The minimum atomic E-state index is -0.223. The van der Waals surface area contributed by atoms with E-state index in [2.05, 4.69) is 4.90 Å². The predicted octanol–water partition coefficient (Wildman–Crippen LogP) is 6.74. The monoisotopic (exact) mass is 459 g/mol. The smallest absolute Gasteiger partial charge is 0.196 e. The van der Waals surface area contributed by atoms with Crippen molar-refractivity contribution < 1.29 is 4.79 Å². The lowest BCUT2D eigenvalue weighted by Gasteiger charge is -2.35. The zero-order valence-corrected chi connectivity index (χ0v) is 19.4. The van der Waals surface area contributed by atoms with Crippen LogP contribution < -0.4 is 4.90 Å². The first-order chi connectivity index (χ1) is 16.7. The van der Waals surface area contributed by atoms with E-state index < -0.39 is 0 Å². The van der Waals surface area contributed by atoms with Crippen molar-refractivity contribution in [1.82, 2.24) is 0 Å². The van der Waals surface area contributed by atoms with E-state index in [-0.39, 0.29) is 11.4 Å². The van der Waals surface area contributed by atoms with E-state index in [0.717, 1.165) is 16.9 Å². The molecule has 0 fully saturated rings. The highest BCUT2D eigenvalue weighted by molar-refractivity contribution is 8.03. The highest BCUT2D eigenvalue weighted by atomic mass is 32.2. The number of hydrogen-bond donors (Lipinski definition) is 0. The number of nitriles is 2. The molecule has 0 bridgehead atoms. The molecule has 3 aromatic carbocycles. The number of para-hydroxylation sites is 1. The molecule has 0 atom stereocenters. The number of thioether (sulfide) groups is 1. The molecule has 0 unspecified atom stereocenters. The highest BCUT2D eigenvalue weighted by Gasteiger charge is 2.33. The lowest BCUT2D eigenvalue weighted by Crippen LogP contribution is -2.27. The summed E-state index contributed by atoms with van der Waals surface area (Å²) in [6.45, 7) is 2.02. The van der Waals surface area contributed by atoms with Crippen molar-refractivity contribution in [3.63, 3.8) is 0 Å². The van der Waals surface area contributed by atoms with Gasteiger partial charge < -0.3 is 4.90 Å². The minimum absolute atomic E-state index is 0.0883. The second kappa shape index (κ2) is 10.5. The first-order valence-electron chi connectivity index (χ1n) is 10.8. The summed E-state index contributed by atoms with van der Waals surface area (Å²) < 4.78 is 0. The van der Waals surface area contributed by atoms with Crippen LogP contribution in [0.15, 0.2) is 119 Å². The van der Waals surface area contributed by atoms with E-state index in [1.165, 1.54) is 11.8 Å². The van der Waals surface area contributed by atoms with Crippen molar-refractivity contribution in [2.75, 3.05) is 10.7 Å². The third kappa shape index (κ3) is 4.43. The Morgan fingerprint density at radius 3 is 1.97 bits per heavy atom. The SMILES string of the molecule is CCSC1=C(C(=O)c2ccccc2)C(=C(C#N)C#N)C=C(c2ccccc2)N1c1ccccc1. The molecule has 4 rings (SSSR count). The maximum Gasteiger partial charge on any atom is 0.196 e. The normalized spacial score (nSPS) is 13.1. The molecule has 1 aliphatic rings. The molecule has 0 saturated heterocycles. The van der Waals surface area contributed by atoms with Crippen LogP contribution in [-0.4, -0.2) is 11.5 Å². The van der Waals surface area contributed by atoms with Crippen LogP contribution in [0, 0.1) is 22.7 Å². The van der Waals surface area contributed by atoms with Crippen molar-refractivity contribution in [3.05, 3.63) is 130 Å². The number of Topliss-reactive ketones (excluding diaryl/α,β-unsaturated/α-hetero) is 1. The molecular formula is C29H21N3OS. The molecule has 1 aliphatic heterocycles. The number of rotatable bonds is 6. The van der Waals surface area contributed by atoms with Crippen molar-refractivity contribution in [2.24, 2.45) is 0 Å². The summed E-state index contributed by atoms with van der Waals surface area (Å²) in [5.41, 5.74) is 3.73. The Balaban J connectivity index is 2.09. The van der Waals surface area contributed by atoms with Crippen molar-refractivity contribution in [1.29, 1.82) is 10.5 Å². The molecule has 0 amide bonds. The Labute approximate surface area is 203 Å². The number of carbonyl (C=O) groups is 1. The lowest BCUT2D eigenvalue weighted by molar-refractivity contribution is 0.103. The molecule has 0 radical (unpaired) electrons. The van der Waals surface area contributed by atoms with Crippen LogP contribution in [0.5, 0.6) is 0 Å². The predicted molar refractivity (Wildman–Crippen MR) is 138 cm³/mol. The van der Waals surface area contributed by atoms with E-state index in [4.69, 9.17) is 0 Å². The molecule has 164 valence electrons. The van der Waals surface area contributed by atoms with Gasteiger partial charge in [-0.1, -0.05) is 85.8 Å². The highest BCUT2D eigenvalue weighted by Crippen LogP contribution is 2.44. The summed E-state index contributed by atoms with van der Waals surface area (Å²) in [5, 5.41) is 20.3. The molecule has 0 aromatic heterocycles. The van der Waals surface area contributed by atoms with Gasteiger partial charge in [0.2, 0.25) is 0 Å². The molecule has 0 spiro atoms. The molecule has 5 heteroatoms. The van der Waals surface area contributed by atoms with Gasteiger partial charge in [0.05, 0.1) is 16.3 Å². The topological polar surface area (TPSA) is 67.9 Å². The Kier molecular flexibility index (Phi) is 7.08. The maximum atomic E-state index is 13.9. The Hall–Kier alpha value is -4.32. The van der Waals surface area contributed by atoms with Gasteiger partial charge in [-0.05, 0) is 29.5 Å². The second-order valence-corrected chi connectivity index (χ2v) is 8.64. The molecule has 0 N–H and O–H groups in total. The molecule has 3 aromatic rings. The first-order valence-corrected chi connectivity index (χ1v) is 11.8. The number of anilines is 1. The fourth-order valence-corrected chi connectivity index (χ4v) is 4.79. The van der Waals surface area contributed by atoms with E-state index in [1.54, 1.807) is 18.2 Å². The van der Waals surface area contributed by atoms with E-state index in [9.17, 15) is 15.3 Å². The van der Waals surface area contributed by atoms with Gasteiger partial charge in [0, 0.05) is 16.8 Å². The number of hydrogen-bond acceptors (Lipinski definition) is 5. The van der Waals surface area contributed by atoms with Crippen molar-refractivity contribution in [2.45, 2.75) is 6.92 Å². The van der Waals surface area contributed by atoms with Gasteiger partial charge in [0.25, 0.3) is 0 Å². The summed E-state index contributed by atoms with van der Waals surface area (Å²) >= 11 is 1.52. The van der Waals surface area contributed by atoms with Gasteiger partial charge in [-0.15, -0.1) is 11.8 Å². The zero-order chi connectivity index (χ0) is 23.9. The Bertz CT molecular complexity index is 1360. The van der Waals surface area contributed by atoms with Crippen LogP contribution in [0.3, 0.4) is 0 Å². The molecule has 4 nitrogen and oxygen atoms in total. The lowest BCUT2D eigenvalue weighted by atomic mass is 9.89. The number of nitrogens with zero attached hydrogens (tertiary/aromatic N) is 3. The first kappa shape index (κ1) is 22.9. The molecule has 34 heavy (non-hydrogen) atoms. The zero-order valence-electron chi connectivity index (χ0n) is 18.6. The standard InChI is InChI=1S/C29H21N3OS/c1-2-34-29-27(28(33)22-14-8-4-9-15-22)25(23(19-30)20-31)18-26(21-12-6-3-7-13-21)32(29)24-16-10-5-11-17-24/h3-18H,2H2,1H3. The average Bonchev–Trinajstić information content (AvgIpc) is 2.90. The van der Waals surface area contributed by atoms with Crippen LogP contribution in [0.25, 0.3) is 5.70 Å². The van der Waals surface area contributed by atoms with Gasteiger partial charge in [-0.3, -0.25) is 4.79 Å². The fourth-order valence-electron chi connectivity index (χ4n) is 3.83. The van der Waals surface area contributed by atoms with Gasteiger partial charge in [-0.25, -0.2) is 0 Å². The molecule has 0 aliphatic carbocycles. The van der Waals surface area contributed by atoms with Crippen LogP contribution in [-0.2, 0) is 0 Å². The third-order valence-corrected chi connectivity index (χ3v) is 6.28. The number of benzene rings is 3. The van der Waals surface area contributed by atoms with Gasteiger partial charge in [-0.2, -0.15) is 10.5 Å². The van der Waals surface area contributed by atoms with Crippen LogP contribution in [0.2, 0.25) is 0 Å². The molecule has 1 heterocycles. The average molecular weight is 460 g/mol. The largest absolute Gasteiger partial charge is 0.304 e. The summed E-state index contributed by atoms with van der Waals surface area (Å²) in [6, 6.07) is 32.6. The van der Waals surface area contributed by atoms with E-state index >= 15 is 0 Å². The Morgan fingerprint density at radius 1 is 0.853 bits per heavy atom. The van der Waals surface area contributed by atoms with Crippen molar-refractivity contribution >= 4 is 28.9 Å². The van der Waals surface area contributed by atoms with E-state index in [0.29, 0.717) is 27.5 Å². The summed E-state index contributed by atoms with van der Waals surface area (Å²) in [5.74, 6) is 0.479. The van der Waals surface area contributed by atoms with Crippen LogP contribution >= 0.6 is 11.8 Å². The van der Waals surface area contributed by atoms with Gasteiger partial charge in [0.1, 0.15) is 17.7 Å². The van der Waals surface area contributed by atoms with E-state index in [1.807, 2.05) is 97.9 Å². The summed E-state index contributed by atoms with van der Waals surface area (Å²) in [7, 11) is 0. The fraction of sp³-hybridized carbons (Fsp3) is 0.0690. The second-order valence-electron chi connectivity index (χ2n) is 7.39. The van der Waals surface area contributed by atoms with Crippen LogP contribution in [0.1, 0.15) is 22.8 Å². The number of carbonyl (C=O) groups excluding carboxylic acids is 1. The summed E-state index contributed by atoms with van der Waals surface area (Å²) in [4.78, 5) is 15.9.